The van der Waals surface area contributed by atoms with Gasteiger partial charge in [-0.15, -0.1) is 0 Å². The zero-order valence-electron chi connectivity index (χ0n) is 20.0. The molecule has 5 aromatic carbocycles. The molecule has 0 amide bonds. The second-order valence-electron chi connectivity index (χ2n) is 9.96. The highest BCUT2D eigenvalue weighted by Crippen LogP contribution is 2.49. The summed E-state index contributed by atoms with van der Waals surface area (Å²) in [5.41, 5.74) is 14.5. The van der Waals surface area contributed by atoms with E-state index < -0.39 is 0 Å². The predicted molar refractivity (Wildman–Crippen MR) is 145 cm³/mol. The lowest BCUT2D eigenvalue weighted by molar-refractivity contribution is 0.660. The molecule has 0 saturated carbocycles. The van der Waals surface area contributed by atoms with Crippen molar-refractivity contribution in [1.82, 2.24) is 0 Å². The van der Waals surface area contributed by atoms with Crippen LogP contribution in [0.4, 0.5) is 0 Å². The summed E-state index contributed by atoms with van der Waals surface area (Å²) in [6, 6.07) is 42.2. The van der Waals surface area contributed by atoms with Crippen LogP contribution in [0, 0.1) is 6.92 Å². The van der Waals surface area contributed by atoms with E-state index in [2.05, 4.69) is 136 Å². The maximum absolute atomic E-state index is 2.40. The van der Waals surface area contributed by atoms with Gasteiger partial charge < -0.3 is 0 Å². The second-order valence-corrected chi connectivity index (χ2v) is 9.96. The molecule has 6 rings (SSSR count). The van der Waals surface area contributed by atoms with Gasteiger partial charge in [-0.05, 0) is 68.6 Å². The first-order valence-electron chi connectivity index (χ1n) is 12.0. The highest BCUT2D eigenvalue weighted by molar-refractivity contribution is 5.84. The molecule has 0 atom stereocenters. The molecule has 0 spiro atoms. The SMILES string of the molecule is Cc1ccc2c(c1)C(C)(C)c1cc(-c3ccc(-c4ccc(-c5ccccc5)cc4)cc3)ccc1-2. The number of benzene rings is 5. The molecular formula is C34H28. The van der Waals surface area contributed by atoms with Crippen LogP contribution in [-0.4, -0.2) is 0 Å². The molecule has 34 heavy (non-hydrogen) atoms. The van der Waals surface area contributed by atoms with Crippen molar-refractivity contribution in [2.45, 2.75) is 26.2 Å². The Morgan fingerprint density at radius 2 is 0.824 bits per heavy atom. The molecule has 164 valence electrons. The summed E-state index contributed by atoms with van der Waals surface area (Å²) in [5, 5.41) is 0. The molecule has 0 bridgehead atoms. The molecule has 0 heteroatoms. The zero-order chi connectivity index (χ0) is 23.3. The van der Waals surface area contributed by atoms with Crippen LogP contribution in [0.15, 0.2) is 115 Å². The molecule has 5 aromatic rings. The van der Waals surface area contributed by atoms with E-state index in [9.17, 15) is 0 Å². The Morgan fingerprint density at radius 3 is 1.38 bits per heavy atom. The number of hydrogen-bond donors (Lipinski definition) is 0. The molecule has 0 N–H and O–H groups in total. The number of aryl methyl sites for hydroxylation is 1. The molecule has 0 radical (unpaired) electrons. The highest BCUT2D eigenvalue weighted by atomic mass is 14.4. The average molecular weight is 437 g/mol. The van der Waals surface area contributed by atoms with Gasteiger partial charge in [0.25, 0.3) is 0 Å². The van der Waals surface area contributed by atoms with Crippen molar-refractivity contribution >= 4 is 0 Å². The summed E-state index contributed by atoms with van der Waals surface area (Å²) in [4.78, 5) is 0. The van der Waals surface area contributed by atoms with Crippen LogP contribution < -0.4 is 0 Å². The Morgan fingerprint density at radius 1 is 0.412 bits per heavy atom. The van der Waals surface area contributed by atoms with Crippen molar-refractivity contribution in [3.8, 4) is 44.5 Å². The Bertz CT molecular complexity index is 1490. The van der Waals surface area contributed by atoms with Gasteiger partial charge in [0.05, 0.1) is 0 Å². The van der Waals surface area contributed by atoms with Crippen molar-refractivity contribution in [3.63, 3.8) is 0 Å². The molecule has 1 aliphatic carbocycles. The average Bonchev–Trinajstić information content (AvgIpc) is 3.10. The van der Waals surface area contributed by atoms with Gasteiger partial charge in [-0.2, -0.15) is 0 Å². The fourth-order valence-electron chi connectivity index (χ4n) is 5.37. The van der Waals surface area contributed by atoms with Crippen LogP contribution in [0.2, 0.25) is 0 Å². The fourth-order valence-corrected chi connectivity index (χ4v) is 5.37. The minimum Gasteiger partial charge on any atom is -0.0622 e. The van der Waals surface area contributed by atoms with Gasteiger partial charge in [-0.3, -0.25) is 0 Å². The predicted octanol–water partition coefficient (Wildman–Crippen LogP) is 9.30. The van der Waals surface area contributed by atoms with Gasteiger partial charge in [0.1, 0.15) is 0 Å². The van der Waals surface area contributed by atoms with Crippen LogP contribution >= 0.6 is 0 Å². The summed E-state index contributed by atoms with van der Waals surface area (Å²) >= 11 is 0. The minimum atomic E-state index is 0.0210. The van der Waals surface area contributed by atoms with Crippen molar-refractivity contribution < 1.29 is 0 Å². The molecule has 1 aliphatic rings. The maximum atomic E-state index is 2.40. The normalized spacial score (nSPS) is 13.4. The Hall–Kier alpha value is -3.90. The van der Waals surface area contributed by atoms with Crippen molar-refractivity contribution in [3.05, 3.63) is 132 Å². The topological polar surface area (TPSA) is 0 Å². The van der Waals surface area contributed by atoms with E-state index in [1.54, 1.807) is 0 Å². The third-order valence-electron chi connectivity index (χ3n) is 7.38. The third-order valence-corrected chi connectivity index (χ3v) is 7.38. The Balaban J connectivity index is 1.30. The second kappa shape index (κ2) is 7.85. The van der Waals surface area contributed by atoms with Crippen LogP contribution in [0.3, 0.4) is 0 Å². The van der Waals surface area contributed by atoms with E-state index in [1.807, 2.05) is 0 Å². The summed E-state index contributed by atoms with van der Waals surface area (Å²) in [5.74, 6) is 0. The quantitative estimate of drug-likeness (QED) is 0.264. The molecule has 0 nitrogen and oxygen atoms in total. The number of rotatable bonds is 3. The first kappa shape index (κ1) is 20.7. The molecule has 0 unspecified atom stereocenters. The van der Waals surface area contributed by atoms with Crippen LogP contribution in [0.1, 0.15) is 30.5 Å². The number of fused-ring (bicyclic) bond motifs is 3. The van der Waals surface area contributed by atoms with Gasteiger partial charge in [-0.1, -0.05) is 129 Å². The molecule has 0 aromatic heterocycles. The van der Waals surface area contributed by atoms with Crippen molar-refractivity contribution in [1.29, 1.82) is 0 Å². The fraction of sp³-hybridized carbons (Fsp3) is 0.118. The van der Waals surface area contributed by atoms with E-state index in [0.29, 0.717) is 0 Å². The lowest BCUT2D eigenvalue weighted by Gasteiger charge is -2.22. The van der Waals surface area contributed by atoms with E-state index in [-0.39, 0.29) is 5.41 Å². The largest absolute Gasteiger partial charge is 0.0622 e. The summed E-state index contributed by atoms with van der Waals surface area (Å²) in [7, 11) is 0. The van der Waals surface area contributed by atoms with Crippen LogP contribution in [-0.2, 0) is 5.41 Å². The minimum absolute atomic E-state index is 0.0210. The zero-order valence-corrected chi connectivity index (χ0v) is 20.0. The molecule has 0 fully saturated rings. The first-order chi connectivity index (χ1) is 16.5. The van der Waals surface area contributed by atoms with Crippen molar-refractivity contribution in [2.24, 2.45) is 0 Å². The van der Waals surface area contributed by atoms with E-state index in [1.165, 1.54) is 61.2 Å². The summed E-state index contributed by atoms with van der Waals surface area (Å²) in [6.07, 6.45) is 0. The molecular weight excluding hydrogens is 408 g/mol. The third kappa shape index (κ3) is 3.38. The van der Waals surface area contributed by atoms with E-state index >= 15 is 0 Å². The van der Waals surface area contributed by atoms with Gasteiger partial charge in [0, 0.05) is 5.41 Å². The monoisotopic (exact) mass is 436 g/mol. The number of hydrogen-bond acceptors (Lipinski definition) is 0. The Kier molecular flexibility index (Phi) is 4.78. The smallest absolute Gasteiger partial charge is 0.0159 e. The molecule has 0 aliphatic heterocycles. The summed E-state index contributed by atoms with van der Waals surface area (Å²) in [6.45, 7) is 6.88. The van der Waals surface area contributed by atoms with E-state index in [4.69, 9.17) is 0 Å². The van der Waals surface area contributed by atoms with Gasteiger partial charge >= 0.3 is 0 Å². The van der Waals surface area contributed by atoms with Gasteiger partial charge in [0.2, 0.25) is 0 Å². The summed E-state index contributed by atoms with van der Waals surface area (Å²) < 4.78 is 0. The van der Waals surface area contributed by atoms with E-state index in [0.717, 1.165) is 0 Å². The standard InChI is InChI=1S/C34H28/c1-23-9-19-30-31-20-18-29(22-33(31)34(2,3)32(30)21-23)28-16-14-27(15-17-28)26-12-10-25(11-13-26)24-7-5-4-6-8-24/h4-22H,1-3H3. The Labute approximate surface area is 202 Å². The van der Waals surface area contributed by atoms with Crippen LogP contribution in [0.5, 0.6) is 0 Å². The maximum Gasteiger partial charge on any atom is 0.0159 e. The van der Waals surface area contributed by atoms with Gasteiger partial charge in [0.15, 0.2) is 0 Å². The molecule has 0 saturated heterocycles. The molecule has 0 heterocycles. The van der Waals surface area contributed by atoms with Gasteiger partial charge in [-0.25, -0.2) is 0 Å². The first-order valence-corrected chi connectivity index (χ1v) is 12.0. The highest BCUT2D eigenvalue weighted by Gasteiger charge is 2.35. The van der Waals surface area contributed by atoms with Crippen LogP contribution in [0.25, 0.3) is 44.5 Å². The lowest BCUT2D eigenvalue weighted by Crippen LogP contribution is -2.15. The lowest BCUT2D eigenvalue weighted by atomic mass is 9.81. The van der Waals surface area contributed by atoms with Crippen molar-refractivity contribution in [2.75, 3.05) is 0 Å².